The first-order valence-corrected chi connectivity index (χ1v) is 7.85. The smallest absolute Gasteiger partial charge is 0.159 e. The number of nitrogens with one attached hydrogen (secondary N) is 2. The molecule has 124 valence electrons. The van der Waals surface area contributed by atoms with Crippen LogP contribution in [0.15, 0.2) is 48.7 Å². The van der Waals surface area contributed by atoms with E-state index in [9.17, 15) is 4.79 Å². The standard InChI is InChI=1S/C19H16N4O2/c1-11(24)12-4-3-5-13(8-12)21-19-18-16(10-20-23-18)15-9-14(25-2)6-7-17(15)22-19/h3-10H,1-2H3,(H,20,23)(H,21,22). The number of hydrogen-bond donors (Lipinski definition) is 2. The van der Waals surface area contributed by atoms with Gasteiger partial charge in [-0.25, -0.2) is 4.98 Å². The van der Waals surface area contributed by atoms with Gasteiger partial charge in [0.05, 0.1) is 12.6 Å². The van der Waals surface area contributed by atoms with Crippen LogP contribution in [0.1, 0.15) is 17.3 Å². The number of benzene rings is 2. The molecule has 2 aromatic carbocycles. The van der Waals surface area contributed by atoms with Gasteiger partial charge >= 0.3 is 0 Å². The summed E-state index contributed by atoms with van der Waals surface area (Å²) in [4.78, 5) is 16.3. The van der Waals surface area contributed by atoms with E-state index in [1.807, 2.05) is 36.5 Å². The highest BCUT2D eigenvalue weighted by molar-refractivity contribution is 6.09. The number of carbonyl (C=O) groups excluding carboxylic acids is 1. The normalized spacial score (nSPS) is 11.0. The largest absolute Gasteiger partial charge is 0.497 e. The van der Waals surface area contributed by atoms with Gasteiger partial charge < -0.3 is 10.1 Å². The van der Waals surface area contributed by atoms with Crippen LogP contribution in [0.3, 0.4) is 0 Å². The molecule has 6 nitrogen and oxygen atoms in total. The number of anilines is 2. The van der Waals surface area contributed by atoms with Gasteiger partial charge in [-0.2, -0.15) is 5.10 Å². The summed E-state index contributed by atoms with van der Waals surface area (Å²) < 4.78 is 5.30. The summed E-state index contributed by atoms with van der Waals surface area (Å²) in [6, 6.07) is 13.1. The number of H-pyrrole nitrogens is 1. The molecule has 0 bridgehead atoms. The lowest BCUT2D eigenvalue weighted by atomic mass is 10.1. The van der Waals surface area contributed by atoms with Crippen LogP contribution in [-0.4, -0.2) is 28.1 Å². The van der Waals surface area contributed by atoms with Crippen molar-refractivity contribution in [2.75, 3.05) is 12.4 Å². The third-order valence-corrected chi connectivity index (χ3v) is 4.12. The zero-order chi connectivity index (χ0) is 17.4. The predicted molar refractivity (Wildman–Crippen MR) is 97.7 cm³/mol. The Labute approximate surface area is 143 Å². The van der Waals surface area contributed by atoms with E-state index >= 15 is 0 Å². The first kappa shape index (κ1) is 15.1. The molecule has 0 unspecified atom stereocenters. The van der Waals surface area contributed by atoms with Gasteiger partial charge in [-0.3, -0.25) is 9.89 Å². The highest BCUT2D eigenvalue weighted by atomic mass is 16.5. The highest BCUT2D eigenvalue weighted by Gasteiger charge is 2.12. The quantitative estimate of drug-likeness (QED) is 0.551. The zero-order valence-corrected chi connectivity index (χ0v) is 13.8. The number of carbonyl (C=O) groups is 1. The maximum absolute atomic E-state index is 11.6. The minimum Gasteiger partial charge on any atom is -0.497 e. The van der Waals surface area contributed by atoms with Gasteiger partial charge in [-0.05, 0) is 37.3 Å². The van der Waals surface area contributed by atoms with Gasteiger partial charge in [0, 0.05) is 28.2 Å². The Balaban J connectivity index is 1.85. The predicted octanol–water partition coefficient (Wildman–Crippen LogP) is 4.07. The van der Waals surface area contributed by atoms with Gasteiger partial charge in [0.1, 0.15) is 11.3 Å². The number of aromatic nitrogens is 3. The molecule has 0 amide bonds. The van der Waals surface area contributed by atoms with Crippen molar-refractivity contribution in [2.24, 2.45) is 0 Å². The van der Waals surface area contributed by atoms with Crippen LogP contribution in [0.5, 0.6) is 5.75 Å². The number of ether oxygens (including phenoxy) is 1. The monoisotopic (exact) mass is 332 g/mol. The number of hydrogen-bond acceptors (Lipinski definition) is 5. The second-order valence-corrected chi connectivity index (χ2v) is 5.75. The van der Waals surface area contributed by atoms with Gasteiger partial charge in [0.15, 0.2) is 11.6 Å². The van der Waals surface area contributed by atoms with Crippen molar-refractivity contribution in [1.29, 1.82) is 0 Å². The molecule has 6 heteroatoms. The Hall–Kier alpha value is -3.41. The third kappa shape index (κ3) is 2.67. The number of aromatic amines is 1. The fourth-order valence-corrected chi connectivity index (χ4v) is 2.84. The Kier molecular flexibility index (Phi) is 3.57. The van der Waals surface area contributed by atoms with Crippen molar-refractivity contribution in [3.05, 3.63) is 54.2 Å². The molecule has 4 aromatic rings. The zero-order valence-electron chi connectivity index (χ0n) is 13.8. The van der Waals surface area contributed by atoms with E-state index in [2.05, 4.69) is 20.5 Å². The van der Waals surface area contributed by atoms with E-state index in [0.29, 0.717) is 11.4 Å². The summed E-state index contributed by atoms with van der Waals surface area (Å²) in [7, 11) is 1.64. The lowest BCUT2D eigenvalue weighted by Crippen LogP contribution is -1.98. The molecule has 0 aliphatic carbocycles. The first-order valence-electron chi connectivity index (χ1n) is 7.85. The Morgan fingerprint density at radius 2 is 2.04 bits per heavy atom. The lowest BCUT2D eigenvalue weighted by Gasteiger charge is -2.10. The van der Waals surface area contributed by atoms with Crippen molar-refractivity contribution in [2.45, 2.75) is 6.92 Å². The number of Topliss-reactive ketones (excluding diaryl/α,β-unsaturated/α-hetero) is 1. The van der Waals surface area contributed by atoms with Crippen molar-refractivity contribution in [1.82, 2.24) is 15.2 Å². The number of rotatable bonds is 4. The molecule has 0 aliphatic rings. The second kappa shape index (κ2) is 5.90. The molecule has 2 aromatic heterocycles. The van der Waals surface area contributed by atoms with Crippen molar-refractivity contribution >= 4 is 39.1 Å². The molecule has 0 radical (unpaired) electrons. The SMILES string of the molecule is COc1ccc2nc(Nc3cccc(C(C)=O)c3)c3n[nH]cc3c2c1. The molecular formula is C19H16N4O2. The minimum absolute atomic E-state index is 0.0205. The Morgan fingerprint density at radius 3 is 2.84 bits per heavy atom. The van der Waals surface area contributed by atoms with Crippen LogP contribution in [0.4, 0.5) is 11.5 Å². The van der Waals surface area contributed by atoms with Crippen LogP contribution >= 0.6 is 0 Å². The summed E-state index contributed by atoms with van der Waals surface area (Å²) in [5, 5.41) is 12.4. The number of fused-ring (bicyclic) bond motifs is 3. The summed E-state index contributed by atoms with van der Waals surface area (Å²) in [6.07, 6.45) is 1.84. The molecule has 4 rings (SSSR count). The van der Waals surface area contributed by atoms with E-state index < -0.39 is 0 Å². The molecule has 2 heterocycles. The summed E-state index contributed by atoms with van der Waals surface area (Å²) in [5.41, 5.74) is 3.00. The van der Waals surface area contributed by atoms with E-state index in [4.69, 9.17) is 4.74 Å². The fourth-order valence-electron chi connectivity index (χ4n) is 2.84. The van der Waals surface area contributed by atoms with Crippen LogP contribution in [0.2, 0.25) is 0 Å². The molecule has 0 saturated carbocycles. The van der Waals surface area contributed by atoms with E-state index in [1.54, 1.807) is 26.2 Å². The minimum atomic E-state index is 0.0205. The Morgan fingerprint density at radius 1 is 1.16 bits per heavy atom. The van der Waals surface area contributed by atoms with E-state index in [0.717, 1.165) is 33.2 Å². The van der Waals surface area contributed by atoms with Crippen LogP contribution in [0, 0.1) is 0 Å². The van der Waals surface area contributed by atoms with Crippen molar-refractivity contribution < 1.29 is 9.53 Å². The van der Waals surface area contributed by atoms with Crippen molar-refractivity contribution in [3.8, 4) is 5.75 Å². The molecule has 0 atom stereocenters. The maximum Gasteiger partial charge on any atom is 0.159 e. The number of methoxy groups -OCH3 is 1. The molecule has 0 saturated heterocycles. The van der Waals surface area contributed by atoms with Crippen LogP contribution < -0.4 is 10.1 Å². The average molecular weight is 332 g/mol. The lowest BCUT2D eigenvalue weighted by molar-refractivity contribution is 0.101. The van der Waals surface area contributed by atoms with Gasteiger partial charge in [0.2, 0.25) is 0 Å². The second-order valence-electron chi connectivity index (χ2n) is 5.75. The van der Waals surface area contributed by atoms with Crippen molar-refractivity contribution in [3.63, 3.8) is 0 Å². The first-order chi connectivity index (χ1) is 12.2. The summed E-state index contributed by atoms with van der Waals surface area (Å²) in [5.74, 6) is 1.42. The molecular weight excluding hydrogens is 316 g/mol. The van der Waals surface area contributed by atoms with Crippen LogP contribution in [0.25, 0.3) is 21.8 Å². The third-order valence-electron chi connectivity index (χ3n) is 4.12. The van der Waals surface area contributed by atoms with Gasteiger partial charge in [0.25, 0.3) is 0 Å². The highest BCUT2D eigenvalue weighted by Crippen LogP contribution is 2.31. The van der Waals surface area contributed by atoms with Gasteiger partial charge in [-0.1, -0.05) is 12.1 Å². The number of nitrogens with zero attached hydrogens (tertiary/aromatic N) is 2. The Bertz CT molecular complexity index is 1100. The summed E-state index contributed by atoms with van der Waals surface area (Å²) in [6.45, 7) is 1.55. The molecule has 0 aliphatic heterocycles. The maximum atomic E-state index is 11.6. The average Bonchev–Trinajstić information content (AvgIpc) is 3.12. The van der Waals surface area contributed by atoms with Gasteiger partial charge in [-0.15, -0.1) is 0 Å². The van der Waals surface area contributed by atoms with E-state index in [1.165, 1.54) is 0 Å². The number of pyridine rings is 1. The molecule has 0 spiro atoms. The van der Waals surface area contributed by atoms with E-state index in [-0.39, 0.29) is 5.78 Å². The van der Waals surface area contributed by atoms with Crippen LogP contribution in [-0.2, 0) is 0 Å². The topological polar surface area (TPSA) is 79.9 Å². The molecule has 25 heavy (non-hydrogen) atoms. The summed E-state index contributed by atoms with van der Waals surface area (Å²) >= 11 is 0. The molecule has 0 fully saturated rings. The fraction of sp³-hybridized carbons (Fsp3) is 0.105. The molecule has 2 N–H and O–H groups in total. The number of ketones is 1.